The highest BCUT2D eigenvalue weighted by Crippen LogP contribution is 2.32. The Morgan fingerprint density at radius 2 is 2.12 bits per heavy atom. The second kappa shape index (κ2) is 4.78. The summed E-state index contributed by atoms with van der Waals surface area (Å²) in [4.78, 5) is 0. The Morgan fingerprint density at radius 1 is 1.31 bits per heavy atom. The van der Waals surface area contributed by atoms with E-state index in [1.807, 2.05) is 0 Å². The molecular weight excluding hydrogens is 212 g/mol. The minimum absolute atomic E-state index is 0.00690. The first-order chi connectivity index (χ1) is 7.68. The Balaban J connectivity index is 2.27. The summed E-state index contributed by atoms with van der Waals surface area (Å²) in [5.74, 6) is 0.101. The summed E-state index contributed by atoms with van der Waals surface area (Å²) in [6.45, 7) is 0.878. The van der Waals surface area contributed by atoms with Gasteiger partial charge in [-0.2, -0.15) is 0 Å². The molecule has 1 aliphatic heterocycles. The molecule has 88 valence electrons. The fourth-order valence-electron chi connectivity index (χ4n) is 2.11. The van der Waals surface area contributed by atoms with E-state index >= 15 is 0 Å². The van der Waals surface area contributed by atoms with Crippen molar-refractivity contribution in [1.29, 1.82) is 0 Å². The van der Waals surface area contributed by atoms with Gasteiger partial charge >= 0.3 is 0 Å². The molecule has 0 aromatic heterocycles. The minimum Gasteiger partial charge on any atom is -0.508 e. The van der Waals surface area contributed by atoms with Gasteiger partial charge in [-0.05, 0) is 37.6 Å². The summed E-state index contributed by atoms with van der Waals surface area (Å²) < 4.78 is 25.1. The van der Waals surface area contributed by atoms with Crippen molar-refractivity contribution >= 4 is 0 Å². The van der Waals surface area contributed by atoms with Crippen molar-refractivity contribution in [2.75, 3.05) is 6.54 Å². The molecule has 1 aromatic carbocycles. The molecule has 1 atom stereocenters. The number of aromatic hydroxyl groups is 1. The van der Waals surface area contributed by atoms with Gasteiger partial charge in [-0.15, -0.1) is 0 Å². The maximum atomic E-state index is 12.5. The highest BCUT2D eigenvalue weighted by molar-refractivity contribution is 5.39. The van der Waals surface area contributed by atoms with Crippen LogP contribution < -0.4 is 5.32 Å². The van der Waals surface area contributed by atoms with E-state index in [1.165, 1.54) is 18.2 Å². The van der Waals surface area contributed by atoms with Crippen LogP contribution in [0.3, 0.4) is 0 Å². The third-order valence-electron chi connectivity index (χ3n) is 2.99. The van der Waals surface area contributed by atoms with E-state index in [0.29, 0.717) is 5.56 Å². The lowest BCUT2D eigenvalue weighted by atomic mass is 9.95. The lowest BCUT2D eigenvalue weighted by Gasteiger charge is -2.24. The largest absolute Gasteiger partial charge is 0.508 e. The Kier molecular flexibility index (Phi) is 3.39. The molecule has 1 aliphatic rings. The maximum absolute atomic E-state index is 12.5. The summed E-state index contributed by atoms with van der Waals surface area (Å²) in [7, 11) is 0. The van der Waals surface area contributed by atoms with Crippen molar-refractivity contribution in [3.05, 3.63) is 29.3 Å². The number of benzene rings is 1. The summed E-state index contributed by atoms with van der Waals surface area (Å²) in [5, 5.41) is 12.9. The zero-order valence-electron chi connectivity index (χ0n) is 8.92. The first-order valence-electron chi connectivity index (χ1n) is 5.53. The van der Waals surface area contributed by atoms with Crippen molar-refractivity contribution in [3.63, 3.8) is 0 Å². The first-order valence-corrected chi connectivity index (χ1v) is 5.53. The van der Waals surface area contributed by atoms with Crippen molar-refractivity contribution in [3.8, 4) is 5.75 Å². The summed E-state index contributed by atoms with van der Waals surface area (Å²) in [5.41, 5.74) is 0.567. The van der Waals surface area contributed by atoms with Gasteiger partial charge in [0.15, 0.2) is 0 Å². The normalized spacial score (nSPS) is 21.3. The Labute approximate surface area is 93.3 Å². The molecule has 0 amide bonds. The molecule has 0 aliphatic carbocycles. The number of rotatable bonds is 2. The van der Waals surface area contributed by atoms with Gasteiger partial charge in [-0.1, -0.05) is 6.42 Å². The maximum Gasteiger partial charge on any atom is 0.263 e. The van der Waals surface area contributed by atoms with E-state index in [1.54, 1.807) is 0 Å². The Bertz CT molecular complexity index is 362. The van der Waals surface area contributed by atoms with Crippen LogP contribution in [0.5, 0.6) is 5.75 Å². The second-order valence-electron chi connectivity index (χ2n) is 4.12. The lowest BCUT2D eigenvalue weighted by Crippen LogP contribution is -2.26. The molecule has 1 fully saturated rings. The lowest BCUT2D eigenvalue weighted by molar-refractivity contribution is 0.151. The predicted octanol–water partition coefficient (Wildman–Crippen LogP) is 3.14. The van der Waals surface area contributed by atoms with Crippen molar-refractivity contribution < 1.29 is 13.9 Å². The third kappa shape index (κ3) is 2.32. The molecule has 16 heavy (non-hydrogen) atoms. The van der Waals surface area contributed by atoms with Crippen LogP contribution in [0.1, 0.15) is 42.9 Å². The van der Waals surface area contributed by atoms with Gasteiger partial charge in [0.1, 0.15) is 5.75 Å². The van der Waals surface area contributed by atoms with Gasteiger partial charge in [0.05, 0.1) is 0 Å². The average molecular weight is 227 g/mol. The Morgan fingerprint density at radius 3 is 2.75 bits per heavy atom. The van der Waals surface area contributed by atoms with Crippen LogP contribution in [-0.2, 0) is 0 Å². The number of alkyl halides is 2. The monoisotopic (exact) mass is 227 g/mol. The van der Waals surface area contributed by atoms with Crippen LogP contribution in [0, 0.1) is 0 Å². The summed E-state index contributed by atoms with van der Waals surface area (Å²) in [6, 6.07) is 4.04. The van der Waals surface area contributed by atoms with Crippen LogP contribution in [0.15, 0.2) is 18.2 Å². The van der Waals surface area contributed by atoms with Crippen molar-refractivity contribution in [2.45, 2.75) is 31.7 Å². The molecular formula is C12H15F2NO. The Hall–Kier alpha value is -1.16. The molecule has 4 heteroatoms. The number of nitrogens with one attached hydrogen (secondary N) is 1. The standard InChI is InChI=1S/C12H15F2NO/c13-12(14)8-4-5-11(16)9(7-8)10-3-1-2-6-15-10/h4-5,7,10,12,15-16H,1-3,6H2. The summed E-state index contributed by atoms with van der Waals surface area (Å²) >= 11 is 0. The second-order valence-corrected chi connectivity index (χ2v) is 4.12. The van der Waals surface area contributed by atoms with E-state index in [9.17, 15) is 13.9 Å². The molecule has 0 saturated carbocycles. The van der Waals surface area contributed by atoms with Crippen LogP contribution in [0.2, 0.25) is 0 Å². The molecule has 1 aromatic rings. The molecule has 0 bridgehead atoms. The fourth-order valence-corrected chi connectivity index (χ4v) is 2.11. The topological polar surface area (TPSA) is 32.3 Å². The zero-order chi connectivity index (χ0) is 11.5. The molecule has 2 nitrogen and oxygen atoms in total. The summed E-state index contributed by atoms with van der Waals surface area (Å²) in [6.07, 6.45) is 0.574. The van der Waals surface area contributed by atoms with Crippen LogP contribution in [-0.4, -0.2) is 11.7 Å². The van der Waals surface area contributed by atoms with Crippen molar-refractivity contribution in [2.24, 2.45) is 0 Å². The highest BCUT2D eigenvalue weighted by atomic mass is 19.3. The van der Waals surface area contributed by atoms with Gasteiger partial charge in [-0.3, -0.25) is 0 Å². The van der Waals surface area contributed by atoms with Crippen LogP contribution in [0.25, 0.3) is 0 Å². The van der Waals surface area contributed by atoms with E-state index in [2.05, 4.69) is 5.32 Å². The average Bonchev–Trinajstić information content (AvgIpc) is 2.30. The smallest absolute Gasteiger partial charge is 0.263 e. The minimum atomic E-state index is -2.48. The number of phenolic OH excluding ortho intramolecular Hbond substituents is 1. The van der Waals surface area contributed by atoms with E-state index in [-0.39, 0.29) is 17.4 Å². The number of hydrogen-bond donors (Lipinski definition) is 2. The van der Waals surface area contributed by atoms with Gasteiger partial charge in [-0.25, -0.2) is 8.78 Å². The number of hydrogen-bond acceptors (Lipinski definition) is 2. The third-order valence-corrected chi connectivity index (χ3v) is 2.99. The highest BCUT2D eigenvalue weighted by Gasteiger charge is 2.19. The molecule has 0 spiro atoms. The fraction of sp³-hybridized carbons (Fsp3) is 0.500. The molecule has 1 saturated heterocycles. The van der Waals surface area contributed by atoms with Crippen LogP contribution in [0.4, 0.5) is 8.78 Å². The molecule has 2 N–H and O–H groups in total. The van der Waals surface area contributed by atoms with Crippen molar-refractivity contribution in [1.82, 2.24) is 5.32 Å². The van der Waals surface area contributed by atoms with E-state index < -0.39 is 6.43 Å². The number of phenols is 1. The van der Waals surface area contributed by atoms with E-state index in [4.69, 9.17) is 0 Å². The van der Waals surface area contributed by atoms with E-state index in [0.717, 1.165) is 25.8 Å². The van der Waals surface area contributed by atoms with Gasteiger partial charge in [0.2, 0.25) is 0 Å². The first kappa shape index (κ1) is 11.3. The molecule has 0 radical (unpaired) electrons. The van der Waals surface area contributed by atoms with Crippen LogP contribution >= 0.6 is 0 Å². The van der Waals surface area contributed by atoms with Gasteiger partial charge in [0.25, 0.3) is 6.43 Å². The van der Waals surface area contributed by atoms with Gasteiger partial charge < -0.3 is 10.4 Å². The molecule has 1 heterocycles. The number of halogens is 2. The predicted molar refractivity (Wildman–Crippen MR) is 57.7 cm³/mol. The molecule has 1 unspecified atom stereocenters. The zero-order valence-corrected chi connectivity index (χ0v) is 8.92. The van der Waals surface area contributed by atoms with Gasteiger partial charge in [0, 0.05) is 17.2 Å². The quantitative estimate of drug-likeness (QED) is 0.813. The number of piperidine rings is 1. The SMILES string of the molecule is Oc1ccc(C(F)F)cc1C1CCCCN1. The molecule has 2 rings (SSSR count).